The second-order valence-corrected chi connectivity index (χ2v) is 4.91. The molecule has 2 rings (SSSR count). The molecule has 1 aromatic carbocycles. The number of esters is 1. The summed E-state index contributed by atoms with van der Waals surface area (Å²) in [5.74, 6) is -0.651. The van der Waals surface area contributed by atoms with Gasteiger partial charge in [0.15, 0.2) is 0 Å². The van der Waals surface area contributed by atoms with E-state index < -0.39 is 12.0 Å². The lowest BCUT2D eigenvalue weighted by Gasteiger charge is -2.15. The van der Waals surface area contributed by atoms with E-state index in [0.717, 1.165) is 11.3 Å². The Kier molecular flexibility index (Phi) is 5.71. The van der Waals surface area contributed by atoms with Gasteiger partial charge >= 0.3 is 5.97 Å². The molecule has 0 fully saturated rings. The van der Waals surface area contributed by atoms with Crippen LogP contribution in [-0.2, 0) is 27.2 Å². The standard InChI is InChI=1S/C16H19N3O3/c1-22-16(21)14(9-13-10-17-11-18-13)19-15(20)8-7-12-5-3-2-4-6-12/h2-6,10-11,14H,7-9H2,1H3,(H,17,18)(H,19,20). The maximum atomic E-state index is 12.0. The number of nitrogens with zero attached hydrogens (tertiary/aromatic N) is 1. The molecule has 0 saturated heterocycles. The number of ether oxygens (including phenoxy) is 1. The minimum absolute atomic E-state index is 0.182. The lowest BCUT2D eigenvalue weighted by atomic mass is 10.1. The average Bonchev–Trinajstić information content (AvgIpc) is 3.05. The molecule has 0 aliphatic heterocycles. The molecule has 0 bridgehead atoms. The Morgan fingerprint density at radius 1 is 1.32 bits per heavy atom. The Morgan fingerprint density at radius 2 is 2.09 bits per heavy atom. The van der Waals surface area contributed by atoms with Crippen molar-refractivity contribution in [1.82, 2.24) is 15.3 Å². The number of aryl methyl sites for hydroxylation is 1. The van der Waals surface area contributed by atoms with E-state index in [1.807, 2.05) is 30.3 Å². The number of hydrogen-bond acceptors (Lipinski definition) is 4. The zero-order chi connectivity index (χ0) is 15.8. The Morgan fingerprint density at radius 3 is 2.73 bits per heavy atom. The first kappa shape index (κ1) is 15.8. The number of aromatic nitrogens is 2. The summed E-state index contributed by atoms with van der Waals surface area (Å²) in [7, 11) is 1.30. The van der Waals surface area contributed by atoms with Crippen molar-refractivity contribution in [3.8, 4) is 0 Å². The molecule has 0 aliphatic carbocycles. The summed E-state index contributed by atoms with van der Waals surface area (Å²) >= 11 is 0. The molecule has 0 aliphatic rings. The quantitative estimate of drug-likeness (QED) is 0.754. The lowest BCUT2D eigenvalue weighted by Crippen LogP contribution is -2.43. The van der Waals surface area contributed by atoms with Crippen molar-refractivity contribution in [1.29, 1.82) is 0 Å². The predicted octanol–water partition coefficient (Wildman–Crippen LogP) is 1.24. The second kappa shape index (κ2) is 7.97. The molecule has 1 unspecified atom stereocenters. The van der Waals surface area contributed by atoms with E-state index in [4.69, 9.17) is 4.74 Å². The molecular formula is C16H19N3O3. The number of rotatable bonds is 7. The van der Waals surface area contributed by atoms with Gasteiger partial charge in [-0.05, 0) is 12.0 Å². The molecular weight excluding hydrogens is 282 g/mol. The van der Waals surface area contributed by atoms with Crippen molar-refractivity contribution in [2.24, 2.45) is 0 Å². The van der Waals surface area contributed by atoms with Crippen LogP contribution >= 0.6 is 0 Å². The van der Waals surface area contributed by atoms with Gasteiger partial charge in [-0.25, -0.2) is 9.78 Å². The topological polar surface area (TPSA) is 84.1 Å². The monoisotopic (exact) mass is 301 g/mol. The van der Waals surface area contributed by atoms with Gasteiger partial charge < -0.3 is 15.0 Å². The van der Waals surface area contributed by atoms with Gasteiger partial charge in [0.1, 0.15) is 6.04 Å². The molecule has 0 saturated carbocycles. The fourth-order valence-electron chi connectivity index (χ4n) is 2.12. The van der Waals surface area contributed by atoms with Crippen LogP contribution in [0.5, 0.6) is 0 Å². The molecule has 2 N–H and O–H groups in total. The van der Waals surface area contributed by atoms with Gasteiger partial charge in [-0.1, -0.05) is 30.3 Å². The van der Waals surface area contributed by atoms with Crippen molar-refractivity contribution in [3.05, 3.63) is 54.1 Å². The third-order valence-electron chi connectivity index (χ3n) is 3.28. The van der Waals surface area contributed by atoms with Gasteiger partial charge in [0.25, 0.3) is 0 Å². The van der Waals surface area contributed by atoms with Crippen molar-refractivity contribution >= 4 is 11.9 Å². The van der Waals surface area contributed by atoms with Crippen molar-refractivity contribution in [2.75, 3.05) is 7.11 Å². The zero-order valence-corrected chi connectivity index (χ0v) is 12.4. The highest BCUT2D eigenvalue weighted by Gasteiger charge is 2.22. The highest BCUT2D eigenvalue weighted by molar-refractivity contribution is 5.84. The summed E-state index contributed by atoms with van der Waals surface area (Å²) in [4.78, 5) is 30.6. The molecule has 0 radical (unpaired) electrons. The Bertz CT molecular complexity index is 596. The Hall–Kier alpha value is -2.63. The molecule has 0 spiro atoms. The first-order valence-corrected chi connectivity index (χ1v) is 7.07. The molecule has 6 nitrogen and oxygen atoms in total. The number of imidazole rings is 1. The largest absolute Gasteiger partial charge is 0.467 e. The normalized spacial score (nSPS) is 11.7. The van der Waals surface area contributed by atoms with Crippen LogP contribution in [0, 0.1) is 0 Å². The molecule has 116 valence electrons. The van der Waals surface area contributed by atoms with Gasteiger partial charge in [-0.2, -0.15) is 0 Å². The zero-order valence-electron chi connectivity index (χ0n) is 12.4. The van der Waals surface area contributed by atoms with E-state index in [9.17, 15) is 9.59 Å². The highest BCUT2D eigenvalue weighted by atomic mass is 16.5. The molecule has 22 heavy (non-hydrogen) atoms. The van der Waals surface area contributed by atoms with Crippen LogP contribution in [0.2, 0.25) is 0 Å². The van der Waals surface area contributed by atoms with Gasteiger partial charge in [-0.3, -0.25) is 4.79 Å². The molecule has 6 heteroatoms. The number of carbonyl (C=O) groups excluding carboxylic acids is 2. The number of benzene rings is 1. The van der Waals surface area contributed by atoms with E-state index in [0.29, 0.717) is 19.3 Å². The summed E-state index contributed by atoms with van der Waals surface area (Å²) in [6, 6.07) is 9.02. The van der Waals surface area contributed by atoms with Crippen LogP contribution in [0.25, 0.3) is 0 Å². The van der Waals surface area contributed by atoms with Gasteiger partial charge in [-0.15, -0.1) is 0 Å². The smallest absolute Gasteiger partial charge is 0.328 e. The van der Waals surface area contributed by atoms with Crippen LogP contribution in [0.3, 0.4) is 0 Å². The highest BCUT2D eigenvalue weighted by Crippen LogP contribution is 2.04. The Balaban J connectivity index is 1.88. The lowest BCUT2D eigenvalue weighted by molar-refractivity contribution is -0.145. The molecule has 2 aromatic rings. The fraction of sp³-hybridized carbons (Fsp3) is 0.312. The second-order valence-electron chi connectivity index (χ2n) is 4.91. The number of aromatic amines is 1. The number of carbonyl (C=O) groups is 2. The number of methoxy groups -OCH3 is 1. The minimum Gasteiger partial charge on any atom is -0.467 e. The number of nitrogens with one attached hydrogen (secondary N) is 2. The van der Waals surface area contributed by atoms with E-state index in [-0.39, 0.29) is 5.91 Å². The van der Waals surface area contributed by atoms with E-state index >= 15 is 0 Å². The molecule has 1 aromatic heterocycles. The van der Waals surface area contributed by atoms with Crippen LogP contribution < -0.4 is 5.32 Å². The van der Waals surface area contributed by atoms with Crippen LogP contribution in [0.15, 0.2) is 42.9 Å². The fourth-order valence-corrected chi connectivity index (χ4v) is 2.12. The summed E-state index contributed by atoms with van der Waals surface area (Å²) in [5, 5.41) is 2.71. The maximum Gasteiger partial charge on any atom is 0.328 e. The molecule has 1 heterocycles. The van der Waals surface area contributed by atoms with Crippen molar-refractivity contribution in [2.45, 2.75) is 25.3 Å². The summed E-state index contributed by atoms with van der Waals surface area (Å²) in [5.41, 5.74) is 1.85. The number of amides is 1. The van der Waals surface area contributed by atoms with E-state index in [2.05, 4.69) is 15.3 Å². The predicted molar refractivity (Wildman–Crippen MR) is 81.0 cm³/mol. The van der Waals surface area contributed by atoms with Gasteiger partial charge in [0, 0.05) is 24.7 Å². The minimum atomic E-state index is -0.714. The first-order valence-electron chi connectivity index (χ1n) is 7.07. The van der Waals surface area contributed by atoms with E-state index in [1.54, 1.807) is 6.20 Å². The summed E-state index contributed by atoms with van der Waals surface area (Å²) < 4.78 is 4.74. The van der Waals surface area contributed by atoms with Gasteiger partial charge in [0.05, 0.1) is 13.4 Å². The van der Waals surface area contributed by atoms with Crippen molar-refractivity contribution < 1.29 is 14.3 Å². The molecule has 1 amide bonds. The van der Waals surface area contributed by atoms with Gasteiger partial charge in [0.2, 0.25) is 5.91 Å². The SMILES string of the molecule is COC(=O)C(Cc1cnc[nH]1)NC(=O)CCc1ccccc1. The third kappa shape index (κ3) is 4.73. The van der Waals surface area contributed by atoms with Crippen LogP contribution in [0.1, 0.15) is 17.7 Å². The number of H-pyrrole nitrogens is 1. The summed E-state index contributed by atoms with van der Waals surface area (Å²) in [6.07, 6.45) is 4.42. The first-order chi connectivity index (χ1) is 10.7. The Labute approximate surface area is 128 Å². The third-order valence-corrected chi connectivity index (χ3v) is 3.28. The van der Waals surface area contributed by atoms with E-state index in [1.165, 1.54) is 13.4 Å². The number of hydrogen-bond donors (Lipinski definition) is 2. The maximum absolute atomic E-state index is 12.0. The molecule has 1 atom stereocenters. The van der Waals surface area contributed by atoms with Crippen LogP contribution in [-0.4, -0.2) is 35.0 Å². The van der Waals surface area contributed by atoms with Crippen LogP contribution in [0.4, 0.5) is 0 Å². The van der Waals surface area contributed by atoms with Crippen molar-refractivity contribution in [3.63, 3.8) is 0 Å². The average molecular weight is 301 g/mol. The summed E-state index contributed by atoms with van der Waals surface area (Å²) in [6.45, 7) is 0.